The van der Waals surface area contributed by atoms with E-state index in [2.05, 4.69) is 5.32 Å². The smallest absolute Gasteiger partial charge is 0.163 e. The molecule has 2 aromatic carbocycles. The third-order valence-electron chi connectivity index (χ3n) is 3.08. The monoisotopic (exact) mass is 352 g/mol. The number of allylic oxidation sites excluding steroid dienone is 2. The molecule has 0 spiro atoms. The average Bonchev–Trinajstić information content (AvgIpc) is 2.61. The van der Waals surface area contributed by atoms with Crippen LogP contribution < -0.4 is 10.1 Å². The Bertz CT molecular complexity index is 935. The van der Waals surface area contributed by atoms with Crippen LogP contribution in [-0.4, -0.2) is 0 Å². The summed E-state index contributed by atoms with van der Waals surface area (Å²) in [5, 5.41) is 29.5. The van der Waals surface area contributed by atoms with E-state index in [0.717, 1.165) is 0 Å². The Kier molecular flexibility index (Phi) is 5.96. The van der Waals surface area contributed by atoms with Gasteiger partial charge in [-0.05, 0) is 29.8 Å². The van der Waals surface area contributed by atoms with Crippen LogP contribution in [0.2, 0.25) is 5.02 Å². The number of anilines is 1. The fourth-order valence-electron chi connectivity index (χ4n) is 1.90. The van der Waals surface area contributed by atoms with Crippen LogP contribution in [0, 0.1) is 39.8 Å². The molecular formula is C18H10ClFN4O. The van der Waals surface area contributed by atoms with Crippen molar-refractivity contribution in [3.05, 3.63) is 70.1 Å². The molecule has 0 amide bonds. The largest absolute Gasteiger partial charge is 0.489 e. The molecule has 0 saturated carbocycles. The number of halogens is 2. The molecule has 0 aliphatic rings. The Morgan fingerprint density at radius 2 is 1.84 bits per heavy atom. The molecule has 0 aliphatic heterocycles. The molecule has 0 saturated heterocycles. The number of nitrogens with one attached hydrogen (secondary N) is 1. The highest BCUT2D eigenvalue weighted by Gasteiger charge is 2.09. The number of hydrogen-bond acceptors (Lipinski definition) is 5. The summed E-state index contributed by atoms with van der Waals surface area (Å²) >= 11 is 6.13. The van der Waals surface area contributed by atoms with E-state index in [0.29, 0.717) is 17.0 Å². The summed E-state index contributed by atoms with van der Waals surface area (Å²) < 4.78 is 18.7. The number of nitrogens with zero attached hydrogens (tertiary/aromatic N) is 3. The summed E-state index contributed by atoms with van der Waals surface area (Å²) in [6.07, 6.45) is 0. The molecule has 122 valence electrons. The van der Waals surface area contributed by atoms with Gasteiger partial charge in [-0.2, -0.15) is 15.8 Å². The second kappa shape index (κ2) is 8.36. The standard InChI is InChI=1S/C18H10ClFN4O/c19-16-7-15(25-11-12-2-1-3-14(20)6-12)4-5-17(16)24-18(10-23)13(8-21)9-22/h1-7,24H,11H2. The van der Waals surface area contributed by atoms with Gasteiger partial charge in [-0.1, -0.05) is 23.7 Å². The molecule has 0 radical (unpaired) electrons. The fourth-order valence-corrected chi connectivity index (χ4v) is 2.12. The SMILES string of the molecule is N#CC(C#N)=C(C#N)Nc1ccc(OCc2cccc(F)c2)cc1Cl. The summed E-state index contributed by atoms with van der Waals surface area (Å²) in [6.45, 7) is 0.164. The highest BCUT2D eigenvalue weighted by Crippen LogP contribution is 2.28. The molecule has 0 bridgehead atoms. The molecule has 0 unspecified atom stereocenters. The van der Waals surface area contributed by atoms with Crippen LogP contribution in [-0.2, 0) is 6.61 Å². The molecule has 0 aromatic heterocycles. The van der Waals surface area contributed by atoms with E-state index in [1.54, 1.807) is 42.5 Å². The quantitative estimate of drug-likeness (QED) is 0.810. The third-order valence-corrected chi connectivity index (χ3v) is 3.39. The molecule has 0 fully saturated rings. The Hall–Kier alpha value is -3.53. The van der Waals surface area contributed by atoms with Gasteiger partial charge in [0.1, 0.15) is 42.1 Å². The number of benzene rings is 2. The predicted octanol–water partition coefficient (Wildman–Crippen LogP) is 4.29. The molecule has 7 heteroatoms. The fraction of sp³-hybridized carbons (Fsp3) is 0.0556. The predicted molar refractivity (Wildman–Crippen MR) is 89.7 cm³/mol. The molecule has 0 aliphatic carbocycles. The van der Waals surface area contributed by atoms with Gasteiger partial charge in [-0.15, -0.1) is 0 Å². The van der Waals surface area contributed by atoms with Crippen LogP contribution in [0.3, 0.4) is 0 Å². The van der Waals surface area contributed by atoms with E-state index in [1.165, 1.54) is 18.2 Å². The first-order chi connectivity index (χ1) is 12.1. The topological polar surface area (TPSA) is 92.6 Å². The summed E-state index contributed by atoms with van der Waals surface area (Å²) in [7, 11) is 0. The maximum atomic E-state index is 13.1. The average molecular weight is 353 g/mol. The van der Waals surface area contributed by atoms with E-state index >= 15 is 0 Å². The second-order valence-electron chi connectivity index (χ2n) is 4.77. The van der Waals surface area contributed by atoms with Crippen molar-refractivity contribution in [1.82, 2.24) is 0 Å². The first-order valence-corrected chi connectivity index (χ1v) is 7.33. The molecule has 0 heterocycles. The normalized spacial score (nSPS) is 9.24. The van der Waals surface area contributed by atoms with Crippen molar-refractivity contribution in [2.24, 2.45) is 0 Å². The van der Waals surface area contributed by atoms with Gasteiger partial charge >= 0.3 is 0 Å². The lowest BCUT2D eigenvalue weighted by atomic mass is 10.2. The highest BCUT2D eigenvalue weighted by molar-refractivity contribution is 6.33. The van der Waals surface area contributed by atoms with Crippen LogP contribution in [0.25, 0.3) is 0 Å². The zero-order valence-electron chi connectivity index (χ0n) is 12.8. The molecule has 5 nitrogen and oxygen atoms in total. The summed E-state index contributed by atoms with van der Waals surface area (Å²) in [5.41, 5.74) is 0.477. The minimum Gasteiger partial charge on any atom is -0.489 e. The van der Waals surface area contributed by atoms with Crippen LogP contribution in [0.5, 0.6) is 5.75 Å². The first-order valence-electron chi connectivity index (χ1n) is 6.95. The first kappa shape index (κ1) is 17.8. The van der Waals surface area contributed by atoms with Gasteiger partial charge in [0.25, 0.3) is 0 Å². The Morgan fingerprint density at radius 1 is 1.08 bits per heavy atom. The molecule has 2 rings (SSSR count). The maximum absolute atomic E-state index is 13.1. The third kappa shape index (κ3) is 4.72. The number of nitriles is 3. The maximum Gasteiger partial charge on any atom is 0.163 e. The van der Waals surface area contributed by atoms with Crippen molar-refractivity contribution in [1.29, 1.82) is 15.8 Å². The van der Waals surface area contributed by atoms with Gasteiger partial charge in [0, 0.05) is 6.07 Å². The van der Waals surface area contributed by atoms with Gasteiger partial charge in [0.05, 0.1) is 10.7 Å². The van der Waals surface area contributed by atoms with Crippen molar-refractivity contribution in [3.63, 3.8) is 0 Å². The van der Waals surface area contributed by atoms with Gasteiger partial charge < -0.3 is 10.1 Å². The minimum absolute atomic E-state index is 0.164. The van der Waals surface area contributed by atoms with Crippen molar-refractivity contribution in [3.8, 4) is 24.0 Å². The number of ether oxygens (including phenoxy) is 1. The lowest BCUT2D eigenvalue weighted by molar-refractivity contribution is 0.305. The zero-order valence-corrected chi connectivity index (χ0v) is 13.5. The van der Waals surface area contributed by atoms with E-state index in [9.17, 15) is 4.39 Å². The van der Waals surface area contributed by atoms with Crippen LogP contribution >= 0.6 is 11.6 Å². The van der Waals surface area contributed by atoms with E-state index < -0.39 is 0 Å². The number of hydrogen-bond donors (Lipinski definition) is 1. The Labute approximate surface area is 148 Å². The molecule has 1 N–H and O–H groups in total. The van der Waals surface area contributed by atoms with Crippen molar-refractivity contribution in [2.75, 3.05) is 5.32 Å². The van der Waals surface area contributed by atoms with Gasteiger partial charge in [-0.3, -0.25) is 0 Å². The summed E-state index contributed by atoms with van der Waals surface area (Å²) in [4.78, 5) is 0. The molecule has 2 aromatic rings. The van der Waals surface area contributed by atoms with Crippen molar-refractivity contribution < 1.29 is 9.13 Å². The molecular weight excluding hydrogens is 343 g/mol. The second-order valence-corrected chi connectivity index (χ2v) is 5.18. The van der Waals surface area contributed by atoms with Gasteiger partial charge in [0.2, 0.25) is 0 Å². The highest BCUT2D eigenvalue weighted by atomic mass is 35.5. The molecule has 0 atom stereocenters. The van der Waals surface area contributed by atoms with Crippen LogP contribution in [0.4, 0.5) is 10.1 Å². The number of rotatable bonds is 5. The van der Waals surface area contributed by atoms with E-state index in [-0.39, 0.29) is 28.7 Å². The lowest BCUT2D eigenvalue weighted by Gasteiger charge is -2.10. The Balaban J connectivity index is 2.13. The summed E-state index contributed by atoms with van der Waals surface area (Å²) in [5.74, 6) is 0.100. The Morgan fingerprint density at radius 3 is 2.44 bits per heavy atom. The van der Waals surface area contributed by atoms with Crippen LogP contribution in [0.1, 0.15) is 5.56 Å². The van der Waals surface area contributed by atoms with E-state index in [4.69, 9.17) is 32.1 Å². The minimum atomic E-state index is -0.347. The van der Waals surface area contributed by atoms with Gasteiger partial charge in [0.15, 0.2) is 5.57 Å². The van der Waals surface area contributed by atoms with Crippen LogP contribution in [0.15, 0.2) is 53.7 Å². The van der Waals surface area contributed by atoms with Gasteiger partial charge in [-0.25, -0.2) is 4.39 Å². The molecule has 25 heavy (non-hydrogen) atoms. The summed E-state index contributed by atoms with van der Waals surface area (Å²) in [6, 6.07) is 15.7. The van der Waals surface area contributed by atoms with Crippen molar-refractivity contribution >= 4 is 17.3 Å². The lowest BCUT2D eigenvalue weighted by Crippen LogP contribution is -2.02. The van der Waals surface area contributed by atoms with Crippen molar-refractivity contribution in [2.45, 2.75) is 6.61 Å². The van der Waals surface area contributed by atoms with E-state index in [1.807, 2.05) is 0 Å². The zero-order chi connectivity index (χ0) is 18.2.